The number of nitrogens with zero attached hydrogens (tertiary/aromatic N) is 2. The zero-order valence-electron chi connectivity index (χ0n) is 12.1. The highest BCUT2D eigenvalue weighted by molar-refractivity contribution is 5.29. The van der Waals surface area contributed by atoms with E-state index in [1.807, 2.05) is 0 Å². The molecule has 1 fully saturated rings. The largest absolute Gasteiger partial charge is 0.356 e. The molecule has 0 amide bonds. The third-order valence-electron chi connectivity index (χ3n) is 3.81. The van der Waals surface area contributed by atoms with Gasteiger partial charge in [0.2, 0.25) is 5.95 Å². The smallest absolute Gasteiger partial charge is 0.203 e. The Hall–Kier alpha value is -0.990. The minimum absolute atomic E-state index is 0.679. The molecule has 0 unspecified atom stereocenters. The average molecular weight is 249 g/mol. The van der Waals surface area contributed by atoms with Gasteiger partial charge in [-0.15, -0.1) is 0 Å². The second kappa shape index (κ2) is 6.26. The second-order valence-electron chi connectivity index (χ2n) is 6.01. The molecule has 0 bridgehead atoms. The number of rotatable bonds is 6. The molecule has 0 radical (unpaired) electrons. The average Bonchev–Trinajstić information content (AvgIpc) is 2.93. The van der Waals surface area contributed by atoms with Gasteiger partial charge in [-0.05, 0) is 38.5 Å². The van der Waals surface area contributed by atoms with Crippen LogP contribution in [0.25, 0.3) is 0 Å². The van der Waals surface area contributed by atoms with Crippen molar-refractivity contribution in [2.24, 2.45) is 5.92 Å². The molecule has 1 aromatic heterocycles. The highest BCUT2D eigenvalue weighted by atomic mass is 15.2. The predicted molar refractivity (Wildman–Crippen MR) is 77.0 cm³/mol. The van der Waals surface area contributed by atoms with Crippen molar-refractivity contribution in [2.75, 3.05) is 11.9 Å². The Morgan fingerprint density at radius 1 is 1.39 bits per heavy atom. The molecule has 0 aliphatic heterocycles. The Balaban J connectivity index is 1.90. The summed E-state index contributed by atoms with van der Waals surface area (Å²) >= 11 is 0. The van der Waals surface area contributed by atoms with Crippen molar-refractivity contribution in [1.82, 2.24) is 9.55 Å². The fraction of sp³-hybridized carbons (Fsp3) is 0.800. The highest BCUT2D eigenvalue weighted by Crippen LogP contribution is 2.32. The van der Waals surface area contributed by atoms with Crippen LogP contribution in [0.2, 0.25) is 0 Å². The molecular weight excluding hydrogens is 222 g/mol. The van der Waals surface area contributed by atoms with Gasteiger partial charge in [0.15, 0.2) is 0 Å². The minimum atomic E-state index is 0.679. The van der Waals surface area contributed by atoms with Crippen LogP contribution in [0.3, 0.4) is 0 Å². The third kappa shape index (κ3) is 3.50. The van der Waals surface area contributed by atoms with Gasteiger partial charge in [0.05, 0.1) is 5.69 Å². The van der Waals surface area contributed by atoms with E-state index in [0.717, 1.165) is 24.1 Å². The Morgan fingerprint density at radius 2 is 2.11 bits per heavy atom. The van der Waals surface area contributed by atoms with Gasteiger partial charge in [0.25, 0.3) is 0 Å². The SMILES string of the molecule is Cc1cn(C2CCCC2)c(NCCCC(C)C)n1. The fourth-order valence-corrected chi connectivity index (χ4v) is 2.82. The standard InChI is InChI=1S/C15H27N3/c1-12(2)7-6-10-16-15-17-13(3)11-18(15)14-8-4-5-9-14/h11-12,14H,4-10H2,1-3H3,(H,16,17). The van der Waals surface area contributed by atoms with Gasteiger partial charge in [-0.3, -0.25) is 0 Å². The maximum Gasteiger partial charge on any atom is 0.203 e. The lowest BCUT2D eigenvalue weighted by molar-refractivity contribution is 0.520. The summed E-state index contributed by atoms with van der Waals surface area (Å²) in [4.78, 5) is 4.62. The van der Waals surface area contributed by atoms with Crippen LogP contribution in [0.15, 0.2) is 6.20 Å². The first kappa shape index (κ1) is 13.4. The fourth-order valence-electron chi connectivity index (χ4n) is 2.82. The van der Waals surface area contributed by atoms with E-state index in [1.54, 1.807) is 0 Å². The number of aromatic nitrogens is 2. The van der Waals surface area contributed by atoms with Gasteiger partial charge >= 0.3 is 0 Å². The lowest BCUT2D eigenvalue weighted by Gasteiger charge is -2.15. The number of nitrogens with one attached hydrogen (secondary N) is 1. The normalized spacial score (nSPS) is 16.7. The van der Waals surface area contributed by atoms with Crippen molar-refractivity contribution in [3.63, 3.8) is 0 Å². The lowest BCUT2D eigenvalue weighted by atomic mass is 10.1. The number of aryl methyl sites for hydroxylation is 1. The molecular formula is C15H27N3. The van der Waals surface area contributed by atoms with Crippen molar-refractivity contribution in [2.45, 2.75) is 65.3 Å². The quantitative estimate of drug-likeness (QED) is 0.767. The third-order valence-corrected chi connectivity index (χ3v) is 3.81. The Morgan fingerprint density at radius 3 is 2.78 bits per heavy atom. The van der Waals surface area contributed by atoms with Crippen LogP contribution in [0.5, 0.6) is 0 Å². The molecule has 0 spiro atoms. The van der Waals surface area contributed by atoms with E-state index < -0.39 is 0 Å². The molecule has 3 heteroatoms. The van der Waals surface area contributed by atoms with Crippen LogP contribution in [0, 0.1) is 12.8 Å². The number of hydrogen-bond acceptors (Lipinski definition) is 2. The Labute approximate surface area is 111 Å². The van der Waals surface area contributed by atoms with Crippen molar-refractivity contribution < 1.29 is 0 Å². The van der Waals surface area contributed by atoms with Gasteiger partial charge in [-0.1, -0.05) is 26.7 Å². The molecule has 102 valence electrons. The second-order valence-corrected chi connectivity index (χ2v) is 6.01. The number of anilines is 1. The summed E-state index contributed by atoms with van der Waals surface area (Å²) in [6, 6.07) is 0.679. The van der Waals surface area contributed by atoms with Crippen LogP contribution in [0.1, 0.15) is 64.1 Å². The monoisotopic (exact) mass is 249 g/mol. The first-order valence-corrected chi connectivity index (χ1v) is 7.46. The highest BCUT2D eigenvalue weighted by Gasteiger charge is 2.19. The molecule has 2 rings (SSSR count). The summed E-state index contributed by atoms with van der Waals surface area (Å²) in [6.07, 6.45) is 10.1. The Kier molecular flexibility index (Phi) is 4.67. The molecule has 1 heterocycles. The summed E-state index contributed by atoms with van der Waals surface area (Å²) in [5, 5.41) is 3.52. The van der Waals surface area contributed by atoms with E-state index in [4.69, 9.17) is 0 Å². The van der Waals surface area contributed by atoms with E-state index in [0.29, 0.717) is 6.04 Å². The molecule has 0 saturated heterocycles. The lowest BCUT2D eigenvalue weighted by Crippen LogP contribution is -2.12. The van der Waals surface area contributed by atoms with Gasteiger partial charge in [0, 0.05) is 18.8 Å². The van der Waals surface area contributed by atoms with Crippen LogP contribution >= 0.6 is 0 Å². The van der Waals surface area contributed by atoms with Gasteiger partial charge < -0.3 is 9.88 Å². The summed E-state index contributed by atoms with van der Waals surface area (Å²) in [6.45, 7) is 7.69. The summed E-state index contributed by atoms with van der Waals surface area (Å²) < 4.78 is 2.37. The Bertz CT molecular complexity index is 362. The first-order valence-electron chi connectivity index (χ1n) is 7.46. The molecule has 1 aliphatic carbocycles. The molecule has 1 aliphatic rings. The summed E-state index contributed by atoms with van der Waals surface area (Å²) in [7, 11) is 0. The maximum absolute atomic E-state index is 4.62. The summed E-state index contributed by atoms with van der Waals surface area (Å²) in [5.41, 5.74) is 1.13. The van der Waals surface area contributed by atoms with E-state index in [-0.39, 0.29) is 0 Å². The van der Waals surface area contributed by atoms with Crippen molar-refractivity contribution in [1.29, 1.82) is 0 Å². The molecule has 3 nitrogen and oxygen atoms in total. The van der Waals surface area contributed by atoms with E-state index in [9.17, 15) is 0 Å². The molecule has 1 aromatic rings. The minimum Gasteiger partial charge on any atom is -0.356 e. The molecule has 0 atom stereocenters. The molecule has 0 aromatic carbocycles. The van der Waals surface area contributed by atoms with E-state index >= 15 is 0 Å². The molecule has 1 N–H and O–H groups in total. The van der Waals surface area contributed by atoms with E-state index in [2.05, 4.69) is 41.8 Å². The molecule has 18 heavy (non-hydrogen) atoms. The van der Waals surface area contributed by atoms with Crippen LogP contribution in [-0.2, 0) is 0 Å². The topological polar surface area (TPSA) is 29.9 Å². The van der Waals surface area contributed by atoms with Gasteiger partial charge in [0.1, 0.15) is 0 Å². The van der Waals surface area contributed by atoms with Crippen molar-refractivity contribution >= 4 is 5.95 Å². The summed E-state index contributed by atoms with van der Waals surface area (Å²) in [5.74, 6) is 1.88. The van der Waals surface area contributed by atoms with E-state index in [1.165, 1.54) is 38.5 Å². The van der Waals surface area contributed by atoms with Crippen molar-refractivity contribution in [3.05, 3.63) is 11.9 Å². The van der Waals surface area contributed by atoms with Crippen LogP contribution in [-0.4, -0.2) is 16.1 Å². The zero-order valence-corrected chi connectivity index (χ0v) is 12.1. The maximum atomic E-state index is 4.62. The van der Waals surface area contributed by atoms with Crippen LogP contribution in [0.4, 0.5) is 5.95 Å². The first-order chi connectivity index (χ1) is 8.66. The van der Waals surface area contributed by atoms with Gasteiger partial charge in [-0.2, -0.15) is 0 Å². The number of imidazole rings is 1. The predicted octanol–water partition coefficient (Wildman–Crippen LogP) is 4.15. The van der Waals surface area contributed by atoms with Crippen LogP contribution < -0.4 is 5.32 Å². The van der Waals surface area contributed by atoms with Gasteiger partial charge in [-0.25, -0.2) is 4.98 Å². The molecule has 1 saturated carbocycles. The zero-order chi connectivity index (χ0) is 13.0. The number of hydrogen-bond donors (Lipinski definition) is 1. The van der Waals surface area contributed by atoms with Crippen molar-refractivity contribution in [3.8, 4) is 0 Å².